The molecule has 0 aliphatic rings. The van der Waals surface area contributed by atoms with Crippen LogP contribution >= 0.6 is 0 Å². The number of aromatic amines is 1. The quantitative estimate of drug-likeness (QED) is 0.551. The number of hydrogen-bond donors (Lipinski definition) is 3. The van der Waals surface area contributed by atoms with Gasteiger partial charge in [0.15, 0.2) is 5.75 Å². The zero-order valence-corrected chi connectivity index (χ0v) is 12.2. The van der Waals surface area contributed by atoms with Crippen molar-refractivity contribution in [2.45, 2.75) is 0 Å². The summed E-state index contributed by atoms with van der Waals surface area (Å²) in [7, 11) is 1.17. The van der Waals surface area contributed by atoms with Crippen molar-refractivity contribution < 1.29 is 14.8 Å². The van der Waals surface area contributed by atoms with E-state index in [0.29, 0.717) is 0 Å². The van der Waals surface area contributed by atoms with E-state index in [0.717, 1.165) is 12.1 Å². The Balaban J connectivity index is 3.00. The molecule has 0 radical (unpaired) electrons. The van der Waals surface area contributed by atoms with Gasteiger partial charge in [-0.1, -0.05) is 0 Å². The van der Waals surface area contributed by atoms with Crippen LogP contribution in [-0.2, 0) is 0 Å². The SMILES string of the molecule is COc1cc(-c2c(C#N)c(N)[nH]c(=O)c2C#N)cc([N+](=O)[O-])c1O. The minimum absolute atomic E-state index is 0.0396. The predicted molar refractivity (Wildman–Crippen MR) is 81.2 cm³/mol. The van der Waals surface area contributed by atoms with Crippen LogP contribution in [0.4, 0.5) is 11.5 Å². The van der Waals surface area contributed by atoms with Gasteiger partial charge in [-0.2, -0.15) is 10.5 Å². The maximum Gasteiger partial charge on any atom is 0.315 e. The van der Waals surface area contributed by atoms with E-state index in [-0.39, 0.29) is 28.3 Å². The van der Waals surface area contributed by atoms with E-state index in [4.69, 9.17) is 10.5 Å². The number of phenols is 1. The average Bonchev–Trinajstić information content (AvgIpc) is 2.54. The number of phenolic OH excluding ortho intramolecular Hbond substituents is 1. The number of hydrogen-bond acceptors (Lipinski definition) is 8. The number of nitro benzene ring substituents is 1. The van der Waals surface area contributed by atoms with Crippen molar-refractivity contribution in [3.05, 3.63) is 43.7 Å². The number of nitrogen functional groups attached to an aromatic ring is 1. The Labute approximate surface area is 134 Å². The summed E-state index contributed by atoms with van der Waals surface area (Å²) in [5, 5.41) is 39.3. The fourth-order valence-electron chi connectivity index (χ4n) is 2.16. The molecule has 0 spiro atoms. The van der Waals surface area contributed by atoms with Gasteiger partial charge in [0.1, 0.15) is 29.1 Å². The van der Waals surface area contributed by atoms with E-state index in [1.165, 1.54) is 7.11 Å². The van der Waals surface area contributed by atoms with Crippen molar-refractivity contribution in [2.24, 2.45) is 0 Å². The molecule has 0 amide bonds. The predicted octanol–water partition coefficient (Wildman–Crippen LogP) is 0.990. The Hall–Kier alpha value is -4.05. The van der Waals surface area contributed by atoms with E-state index in [1.807, 2.05) is 0 Å². The van der Waals surface area contributed by atoms with E-state index in [9.17, 15) is 30.5 Å². The number of benzene rings is 1. The third-order valence-corrected chi connectivity index (χ3v) is 3.23. The van der Waals surface area contributed by atoms with Crippen molar-refractivity contribution in [3.8, 4) is 34.8 Å². The molecule has 0 saturated carbocycles. The first-order valence-corrected chi connectivity index (χ1v) is 6.27. The minimum Gasteiger partial charge on any atom is -0.500 e. The molecular formula is C14H9N5O5. The zero-order valence-electron chi connectivity index (χ0n) is 12.2. The smallest absolute Gasteiger partial charge is 0.315 e. The molecule has 0 bridgehead atoms. The number of nitrogens with one attached hydrogen (secondary N) is 1. The molecule has 0 atom stereocenters. The van der Waals surface area contributed by atoms with Crippen LogP contribution in [0.3, 0.4) is 0 Å². The highest BCUT2D eigenvalue weighted by Crippen LogP contribution is 2.41. The monoisotopic (exact) mass is 327 g/mol. The third-order valence-electron chi connectivity index (χ3n) is 3.23. The summed E-state index contributed by atoms with van der Waals surface area (Å²) in [4.78, 5) is 24.3. The van der Waals surface area contributed by atoms with Gasteiger partial charge < -0.3 is 20.6 Å². The van der Waals surface area contributed by atoms with Gasteiger partial charge in [-0.25, -0.2) is 0 Å². The van der Waals surface area contributed by atoms with Crippen LogP contribution in [-0.4, -0.2) is 22.1 Å². The fourth-order valence-corrected chi connectivity index (χ4v) is 2.16. The Bertz CT molecular complexity index is 997. The number of nitro groups is 1. The fraction of sp³-hybridized carbons (Fsp3) is 0.0714. The van der Waals surface area contributed by atoms with E-state index < -0.39 is 27.5 Å². The number of nitriles is 2. The summed E-state index contributed by atoms with van der Waals surface area (Å²) in [6.45, 7) is 0. The number of methoxy groups -OCH3 is 1. The Morgan fingerprint density at radius 2 is 1.96 bits per heavy atom. The van der Waals surface area contributed by atoms with Crippen molar-refractivity contribution in [1.29, 1.82) is 10.5 Å². The lowest BCUT2D eigenvalue weighted by Crippen LogP contribution is -2.16. The van der Waals surface area contributed by atoms with Crippen LogP contribution in [0, 0.1) is 32.8 Å². The van der Waals surface area contributed by atoms with Crippen molar-refractivity contribution in [2.75, 3.05) is 12.8 Å². The van der Waals surface area contributed by atoms with Gasteiger partial charge >= 0.3 is 5.69 Å². The highest BCUT2D eigenvalue weighted by Gasteiger charge is 2.25. The Kier molecular flexibility index (Phi) is 4.07. The number of rotatable bonds is 3. The summed E-state index contributed by atoms with van der Waals surface area (Å²) in [5.41, 5.74) is 3.14. The molecule has 0 aliphatic carbocycles. The topological polar surface area (TPSA) is 179 Å². The van der Waals surface area contributed by atoms with Gasteiger partial charge in [0.2, 0.25) is 5.75 Å². The van der Waals surface area contributed by atoms with E-state index >= 15 is 0 Å². The molecule has 0 saturated heterocycles. The summed E-state index contributed by atoms with van der Waals surface area (Å²) in [6.07, 6.45) is 0. The second-order valence-corrected chi connectivity index (χ2v) is 4.52. The number of ether oxygens (including phenoxy) is 1. The number of nitrogens with zero attached hydrogens (tertiary/aromatic N) is 3. The molecular weight excluding hydrogens is 318 g/mol. The zero-order chi connectivity index (χ0) is 18.0. The minimum atomic E-state index is -0.865. The van der Waals surface area contributed by atoms with Gasteiger partial charge in [-0.15, -0.1) is 0 Å². The van der Waals surface area contributed by atoms with E-state index in [1.54, 1.807) is 12.1 Å². The molecule has 4 N–H and O–H groups in total. The maximum atomic E-state index is 11.9. The number of anilines is 1. The van der Waals surface area contributed by atoms with Crippen LogP contribution < -0.4 is 16.0 Å². The Morgan fingerprint density at radius 1 is 1.33 bits per heavy atom. The molecule has 1 heterocycles. The first-order chi connectivity index (χ1) is 11.3. The van der Waals surface area contributed by atoms with Gasteiger partial charge in [-0.3, -0.25) is 14.9 Å². The van der Waals surface area contributed by atoms with Gasteiger partial charge in [0.05, 0.1) is 12.0 Å². The van der Waals surface area contributed by atoms with Gasteiger partial charge in [-0.05, 0) is 11.6 Å². The molecule has 10 heteroatoms. The second-order valence-electron chi connectivity index (χ2n) is 4.52. The van der Waals surface area contributed by atoms with E-state index in [2.05, 4.69) is 4.98 Å². The molecule has 2 aromatic rings. The summed E-state index contributed by atoms with van der Waals surface area (Å²) in [6, 6.07) is 5.48. The summed E-state index contributed by atoms with van der Waals surface area (Å²) >= 11 is 0. The normalized spacial score (nSPS) is 9.79. The lowest BCUT2D eigenvalue weighted by atomic mass is 9.96. The number of aromatic nitrogens is 1. The molecule has 10 nitrogen and oxygen atoms in total. The van der Waals surface area contributed by atoms with Gasteiger partial charge in [0.25, 0.3) is 5.56 Å². The first-order valence-electron chi connectivity index (χ1n) is 6.27. The molecule has 24 heavy (non-hydrogen) atoms. The van der Waals surface area contributed by atoms with Crippen LogP contribution in [0.2, 0.25) is 0 Å². The first kappa shape index (κ1) is 16.3. The molecule has 2 rings (SSSR count). The number of aromatic hydroxyl groups is 1. The molecule has 0 unspecified atom stereocenters. The lowest BCUT2D eigenvalue weighted by Gasteiger charge is -2.11. The summed E-state index contributed by atoms with van der Waals surface area (Å²) in [5.74, 6) is -1.27. The largest absolute Gasteiger partial charge is 0.500 e. The van der Waals surface area contributed by atoms with Crippen molar-refractivity contribution in [1.82, 2.24) is 4.98 Å². The lowest BCUT2D eigenvalue weighted by molar-refractivity contribution is -0.385. The van der Waals surface area contributed by atoms with Gasteiger partial charge in [0, 0.05) is 11.6 Å². The maximum absolute atomic E-state index is 11.9. The molecule has 0 fully saturated rings. The third kappa shape index (κ3) is 2.44. The number of nitrogens with two attached hydrogens (primary N) is 1. The Morgan fingerprint density at radius 3 is 2.46 bits per heavy atom. The highest BCUT2D eigenvalue weighted by atomic mass is 16.6. The van der Waals surface area contributed by atoms with Crippen molar-refractivity contribution >= 4 is 11.5 Å². The standard InChI is InChI=1S/C14H9N5O5/c1-24-10-3-6(2-9(12(10)20)19(22)23)11-7(4-15)13(17)18-14(21)8(11)5-16/h2-3,20H,1H3,(H3,17,18,21). The molecule has 120 valence electrons. The molecule has 1 aromatic heterocycles. The highest BCUT2D eigenvalue weighted by molar-refractivity contribution is 5.83. The van der Waals surface area contributed by atoms with Crippen LogP contribution in [0.1, 0.15) is 11.1 Å². The van der Waals surface area contributed by atoms with Crippen LogP contribution in [0.15, 0.2) is 16.9 Å². The number of H-pyrrole nitrogens is 1. The number of pyridine rings is 1. The molecule has 0 aliphatic heterocycles. The summed E-state index contributed by atoms with van der Waals surface area (Å²) < 4.78 is 4.87. The molecule has 1 aromatic carbocycles. The van der Waals surface area contributed by atoms with Crippen molar-refractivity contribution in [3.63, 3.8) is 0 Å². The van der Waals surface area contributed by atoms with Crippen LogP contribution in [0.5, 0.6) is 11.5 Å². The van der Waals surface area contributed by atoms with Crippen LogP contribution in [0.25, 0.3) is 11.1 Å². The second kappa shape index (κ2) is 5.98. The average molecular weight is 327 g/mol.